The molecule has 0 aliphatic carbocycles. The molecule has 6 heteroatoms. The Morgan fingerprint density at radius 3 is 1.61 bits per heavy atom. The monoisotopic (exact) mass is 467 g/mol. The Balaban J connectivity index is 0.000000200. The molecular weight excluding hydrogens is 434 g/mol. The van der Waals surface area contributed by atoms with Crippen LogP contribution < -0.4 is 5.73 Å². The van der Waals surface area contributed by atoms with E-state index < -0.39 is 0 Å². The molecule has 0 amide bonds. The molecule has 1 fully saturated rings. The van der Waals surface area contributed by atoms with Gasteiger partial charge >= 0.3 is 0 Å². The molecule has 3 aromatic rings. The van der Waals surface area contributed by atoms with E-state index in [0.717, 1.165) is 24.0 Å². The van der Waals surface area contributed by atoms with Gasteiger partial charge in [-0.25, -0.2) is 0 Å². The molecule has 1 heterocycles. The molecule has 0 unspecified atom stereocenters. The number of nitrogens with two attached hydrogens (primary N) is 1. The summed E-state index contributed by atoms with van der Waals surface area (Å²) < 4.78 is 11.3. The van der Waals surface area contributed by atoms with E-state index in [1.54, 1.807) is 0 Å². The lowest BCUT2D eigenvalue weighted by atomic mass is 10.2. The van der Waals surface area contributed by atoms with Crippen molar-refractivity contribution in [2.75, 3.05) is 6.61 Å². The summed E-state index contributed by atoms with van der Waals surface area (Å²) in [6, 6.07) is 29.2. The summed E-state index contributed by atoms with van der Waals surface area (Å²) in [4.78, 5) is 0.454. The number of aliphatic hydroxyl groups is 2. The normalized spacial score (nSPS) is 16.7. The van der Waals surface area contributed by atoms with Gasteiger partial charge < -0.3 is 25.4 Å². The van der Waals surface area contributed by atoms with E-state index >= 15 is 0 Å². The molecule has 0 bridgehead atoms. The number of benzene rings is 3. The van der Waals surface area contributed by atoms with Gasteiger partial charge in [0.1, 0.15) is 11.1 Å². The highest BCUT2D eigenvalue weighted by Gasteiger charge is 2.26. The maximum Gasteiger partial charge on any atom is 0.108 e. The number of aliphatic hydroxyl groups excluding tert-OH is 2. The van der Waals surface area contributed by atoms with Crippen LogP contribution in [0, 0.1) is 0 Å². The molecule has 176 valence electrons. The predicted molar refractivity (Wildman–Crippen MR) is 136 cm³/mol. The molecule has 0 radical (unpaired) electrons. The fraction of sp³-hybridized carbons (Fsp3) is 0.296. The predicted octanol–water partition coefficient (Wildman–Crippen LogP) is 4.39. The first-order chi connectivity index (χ1) is 16.1. The van der Waals surface area contributed by atoms with Crippen molar-refractivity contribution in [1.82, 2.24) is 0 Å². The molecule has 1 saturated heterocycles. The first kappa shape index (κ1) is 26.6. The lowest BCUT2D eigenvalue weighted by molar-refractivity contribution is -0.00197. The number of rotatable bonds is 7. The highest BCUT2D eigenvalue weighted by Crippen LogP contribution is 2.20. The third-order valence-corrected chi connectivity index (χ3v) is 5.15. The summed E-state index contributed by atoms with van der Waals surface area (Å²) in [5.74, 6) is 0. The largest absolute Gasteiger partial charge is 0.392 e. The molecule has 5 nitrogen and oxygen atoms in total. The smallest absolute Gasteiger partial charge is 0.108 e. The van der Waals surface area contributed by atoms with Gasteiger partial charge in [0.25, 0.3) is 0 Å². The molecule has 0 spiro atoms. The van der Waals surface area contributed by atoms with Gasteiger partial charge in [0.2, 0.25) is 0 Å². The molecule has 1 aliphatic heterocycles. The highest BCUT2D eigenvalue weighted by atomic mass is 32.1. The Labute approximate surface area is 201 Å². The molecule has 0 aromatic heterocycles. The van der Waals surface area contributed by atoms with Crippen molar-refractivity contribution in [3.05, 3.63) is 108 Å². The minimum absolute atomic E-state index is 0.0599. The van der Waals surface area contributed by atoms with Crippen molar-refractivity contribution in [3.8, 4) is 0 Å². The van der Waals surface area contributed by atoms with Gasteiger partial charge in [-0.2, -0.15) is 0 Å². The van der Waals surface area contributed by atoms with Crippen molar-refractivity contribution >= 4 is 17.2 Å². The van der Waals surface area contributed by atoms with E-state index in [4.69, 9.17) is 37.6 Å². The summed E-state index contributed by atoms with van der Waals surface area (Å²) in [5, 5.41) is 17.1. The van der Waals surface area contributed by atoms with Crippen LogP contribution in [-0.2, 0) is 29.3 Å². The van der Waals surface area contributed by atoms with Gasteiger partial charge in [-0.1, -0.05) is 103 Å². The fourth-order valence-corrected chi connectivity index (χ4v) is 3.26. The first-order valence-corrected chi connectivity index (χ1v) is 11.4. The molecule has 1 aliphatic rings. The van der Waals surface area contributed by atoms with E-state index in [-0.39, 0.29) is 25.4 Å². The standard InChI is InChI=1S/C13H17NO2S.2C7H8O/c14-13(17)12-7-6-11(16-12)9-15-8-10-4-2-1-3-5-10;2*8-6-7-4-2-1-3-5-7/h1-5,11-12H,6-9H2,(H2,14,17);2*1-5,8H,6H2/t11-,12+;;/m0../s1. The van der Waals surface area contributed by atoms with Crippen molar-refractivity contribution in [3.63, 3.8) is 0 Å². The van der Waals surface area contributed by atoms with Crippen LogP contribution >= 0.6 is 12.2 Å². The zero-order chi connectivity index (χ0) is 23.7. The highest BCUT2D eigenvalue weighted by molar-refractivity contribution is 7.80. The Bertz CT molecular complexity index is 854. The van der Waals surface area contributed by atoms with Crippen LogP contribution in [0.1, 0.15) is 29.5 Å². The second-order valence-electron chi connectivity index (χ2n) is 7.51. The lowest BCUT2D eigenvalue weighted by Gasteiger charge is -2.13. The summed E-state index contributed by atoms with van der Waals surface area (Å²) in [6.45, 7) is 1.51. The fourth-order valence-electron chi connectivity index (χ4n) is 3.09. The average Bonchev–Trinajstić information content (AvgIpc) is 3.36. The Hall–Kier alpha value is -2.61. The molecule has 4 N–H and O–H groups in total. The molecule has 2 atom stereocenters. The minimum atomic E-state index is -0.0599. The Morgan fingerprint density at radius 1 is 0.788 bits per heavy atom. The maximum atomic E-state index is 8.54. The van der Waals surface area contributed by atoms with E-state index in [1.807, 2.05) is 91.0 Å². The van der Waals surface area contributed by atoms with Crippen LogP contribution in [0.4, 0.5) is 0 Å². The third kappa shape index (κ3) is 11.2. The zero-order valence-corrected chi connectivity index (χ0v) is 19.6. The second-order valence-corrected chi connectivity index (χ2v) is 7.99. The van der Waals surface area contributed by atoms with Gasteiger partial charge in [0, 0.05) is 0 Å². The first-order valence-electron chi connectivity index (χ1n) is 11.0. The lowest BCUT2D eigenvalue weighted by Crippen LogP contribution is -2.27. The zero-order valence-electron chi connectivity index (χ0n) is 18.8. The summed E-state index contributed by atoms with van der Waals surface area (Å²) >= 11 is 4.91. The van der Waals surface area contributed by atoms with E-state index in [0.29, 0.717) is 18.2 Å². The third-order valence-electron chi connectivity index (χ3n) is 4.89. The topological polar surface area (TPSA) is 84.9 Å². The van der Waals surface area contributed by atoms with Crippen LogP contribution in [0.15, 0.2) is 91.0 Å². The maximum absolute atomic E-state index is 8.54. The quantitative estimate of drug-likeness (QED) is 0.447. The summed E-state index contributed by atoms with van der Waals surface area (Å²) in [5.41, 5.74) is 8.65. The van der Waals surface area contributed by atoms with Crippen molar-refractivity contribution < 1.29 is 19.7 Å². The molecule has 0 saturated carbocycles. The van der Waals surface area contributed by atoms with Crippen molar-refractivity contribution in [2.45, 2.75) is 44.9 Å². The van der Waals surface area contributed by atoms with Crippen LogP contribution in [0.3, 0.4) is 0 Å². The van der Waals surface area contributed by atoms with Crippen LogP contribution in [-0.4, -0.2) is 34.0 Å². The summed E-state index contributed by atoms with van der Waals surface area (Å²) in [6.07, 6.45) is 1.95. The van der Waals surface area contributed by atoms with Crippen LogP contribution in [0.2, 0.25) is 0 Å². The number of thiocarbonyl (C=S) groups is 1. The van der Waals surface area contributed by atoms with Gasteiger partial charge in [-0.15, -0.1) is 0 Å². The SMILES string of the molecule is NC(=S)[C@H]1CC[C@@H](COCc2ccccc2)O1.OCc1ccccc1.OCc1ccccc1. The minimum Gasteiger partial charge on any atom is -0.392 e. The van der Waals surface area contributed by atoms with Gasteiger partial charge in [0.05, 0.1) is 32.5 Å². The number of ether oxygens (including phenoxy) is 2. The molecule has 3 aromatic carbocycles. The number of hydrogen-bond donors (Lipinski definition) is 3. The summed E-state index contributed by atoms with van der Waals surface area (Å²) in [7, 11) is 0. The Morgan fingerprint density at radius 2 is 1.24 bits per heavy atom. The van der Waals surface area contributed by atoms with Gasteiger partial charge in [-0.05, 0) is 29.5 Å². The number of hydrogen-bond acceptors (Lipinski definition) is 5. The van der Waals surface area contributed by atoms with Crippen molar-refractivity contribution in [1.29, 1.82) is 0 Å². The molecule has 4 rings (SSSR count). The van der Waals surface area contributed by atoms with E-state index in [1.165, 1.54) is 5.56 Å². The molecule has 33 heavy (non-hydrogen) atoms. The second kappa shape index (κ2) is 16.1. The van der Waals surface area contributed by atoms with Crippen molar-refractivity contribution in [2.24, 2.45) is 5.73 Å². The van der Waals surface area contributed by atoms with E-state index in [2.05, 4.69) is 0 Å². The van der Waals surface area contributed by atoms with E-state index in [9.17, 15) is 0 Å². The van der Waals surface area contributed by atoms with Gasteiger partial charge in [0.15, 0.2) is 0 Å². The van der Waals surface area contributed by atoms with Crippen LogP contribution in [0.5, 0.6) is 0 Å². The van der Waals surface area contributed by atoms with Crippen LogP contribution in [0.25, 0.3) is 0 Å². The average molecular weight is 468 g/mol. The van der Waals surface area contributed by atoms with Gasteiger partial charge in [-0.3, -0.25) is 0 Å². The molecular formula is C27H33NO4S. The Kier molecular flexibility index (Phi) is 13.0.